The molecule has 0 saturated heterocycles. The highest BCUT2D eigenvalue weighted by atomic mass is 16.6. The van der Waals surface area contributed by atoms with Gasteiger partial charge in [-0.3, -0.25) is 0 Å². The van der Waals surface area contributed by atoms with Gasteiger partial charge < -0.3 is 4.74 Å². The largest absolute Gasteiger partial charge is 0.402 e. The lowest BCUT2D eigenvalue weighted by molar-refractivity contribution is -0.129. The lowest BCUT2D eigenvalue weighted by Gasteiger charge is -2.02. The Hall–Kier alpha value is -2.68. The molecule has 1 aliphatic rings. The van der Waals surface area contributed by atoms with Crippen molar-refractivity contribution >= 4 is 17.4 Å². The van der Waals surface area contributed by atoms with Gasteiger partial charge in [0.2, 0.25) is 5.90 Å². The van der Waals surface area contributed by atoms with Crippen molar-refractivity contribution in [1.82, 2.24) is 0 Å². The van der Waals surface area contributed by atoms with E-state index in [9.17, 15) is 4.79 Å². The predicted molar refractivity (Wildman–Crippen MR) is 82.8 cm³/mol. The Morgan fingerprint density at radius 1 is 1.00 bits per heavy atom. The van der Waals surface area contributed by atoms with Crippen LogP contribution in [0.4, 0.5) is 0 Å². The van der Waals surface area contributed by atoms with E-state index in [1.807, 2.05) is 68.4 Å². The van der Waals surface area contributed by atoms with E-state index in [-0.39, 0.29) is 0 Å². The number of nitrogens with zero attached hydrogens (tertiary/aromatic N) is 1. The third kappa shape index (κ3) is 2.63. The predicted octanol–water partition coefficient (Wildman–Crippen LogP) is 3.73. The molecule has 0 amide bonds. The molecular formula is C18H15NO2. The van der Waals surface area contributed by atoms with Gasteiger partial charge in [-0.25, -0.2) is 9.79 Å². The van der Waals surface area contributed by atoms with E-state index in [1.54, 1.807) is 0 Å². The van der Waals surface area contributed by atoms with E-state index in [0.29, 0.717) is 11.6 Å². The van der Waals surface area contributed by atoms with Gasteiger partial charge in [-0.2, -0.15) is 0 Å². The molecule has 3 heteroatoms. The Kier molecular flexibility index (Phi) is 3.40. The smallest absolute Gasteiger partial charge is 0.364 e. The first kappa shape index (κ1) is 13.3. The lowest BCUT2D eigenvalue weighted by Crippen LogP contribution is -2.05. The van der Waals surface area contributed by atoms with Crippen LogP contribution >= 0.6 is 0 Å². The molecule has 104 valence electrons. The summed E-state index contributed by atoms with van der Waals surface area (Å²) in [4.78, 5) is 16.4. The van der Waals surface area contributed by atoms with Gasteiger partial charge in [0.25, 0.3) is 0 Å². The zero-order valence-electron chi connectivity index (χ0n) is 12.0. The summed E-state index contributed by atoms with van der Waals surface area (Å²) >= 11 is 0. The summed E-state index contributed by atoms with van der Waals surface area (Å²) in [5.74, 6) is -0.0333. The maximum Gasteiger partial charge on any atom is 0.364 e. The van der Waals surface area contributed by atoms with E-state index in [2.05, 4.69) is 4.99 Å². The number of ether oxygens (including phenoxy) is 1. The van der Waals surface area contributed by atoms with Crippen LogP contribution in [0.25, 0.3) is 5.57 Å². The number of hydrogen-bond donors (Lipinski definition) is 0. The van der Waals surface area contributed by atoms with Gasteiger partial charge >= 0.3 is 5.97 Å². The van der Waals surface area contributed by atoms with Crippen molar-refractivity contribution < 1.29 is 9.53 Å². The minimum atomic E-state index is -0.396. The van der Waals surface area contributed by atoms with Crippen molar-refractivity contribution in [3.63, 3.8) is 0 Å². The lowest BCUT2D eigenvalue weighted by atomic mass is 10.0. The van der Waals surface area contributed by atoms with Crippen molar-refractivity contribution in [2.24, 2.45) is 4.99 Å². The molecule has 0 unspecified atom stereocenters. The highest BCUT2D eigenvalue weighted by Gasteiger charge is 2.26. The Morgan fingerprint density at radius 2 is 1.67 bits per heavy atom. The average molecular weight is 277 g/mol. The summed E-state index contributed by atoms with van der Waals surface area (Å²) in [5, 5.41) is 0. The number of allylic oxidation sites excluding steroid dienone is 1. The fourth-order valence-corrected chi connectivity index (χ4v) is 2.19. The summed E-state index contributed by atoms with van der Waals surface area (Å²) in [7, 11) is 0. The van der Waals surface area contributed by atoms with Crippen LogP contribution < -0.4 is 0 Å². The molecule has 0 fully saturated rings. The standard InChI is InChI=1S/C18H15NO2/c1-12-8-10-14(11-9-12)13(2)16-18(20)21-17(19-16)15-6-4-3-5-7-15/h3-11H,1-2H3/b16-13+. The van der Waals surface area contributed by atoms with E-state index in [0.717, 1.165) is 16.7 Å². The minimum absolute atomic E-state index is 0.363. The number of benzene rings is 2. The zero-order valence-corrected chi connectivity index (χ0v) is 12.0. The molecule has 3 nitrogen and oxygen atoms in total. The number of esters is 1. The van der Waals surface area contributed by atoms with Gasteiger partial charge in [0, 0.05) is 5.56 Å². The summed E-state index contributed by atoms with van der Waals surface area (Å²) < 4.78 is 5.28. The molecule has 0 spiro atoms. The Morgan fingerprint density at radius 3 is 2.33 bits per heavy atom. The number of carbonyl (C=O) groups excluding carboxylic acids is 1. The SMILES string of the molecule is C/C(=C1\N=C(c2ccccc2)OC1=O)c1ccc(C)cc1. The monoisotopic (exact) mass is 277 g/mol. The third-order valence-electron chi connectivity index (χ3n) is 3.46. The second-order valence-electron chi connectivity index (χ2n) is 5.01. The highest BCUT2D eigenvalue weighted by Crippen LogP contribution is 2.25. The number of carbonyl (C=O) groups is 1. The topological polar surface area (TPSA) is 38.7 Å². The van der Waals surface area contributed by atoms with E-state index >= 15 is 0 Å². The van der Waals surface area contributed by atoms with Gasteiger partial charge in [0.05, 0.1) is 0 Å². The first-order chi connectivity index (χ1) is 10.1. The molecule has 0 aliphatic carbocycles. The summed E-state index contributed by atoms with van der Waals surface area (Å²) in [6.07, 6.45) is 0. The maximum absolute atomic E-state index is 12.0. The molecule has 2 aromatic rings. The van der Waals surface area contributed by atoms with Crippen LogP contribution in [-0.2, 0) is 9.53 Å². The molecular weight excluding hydrogens is 262 g/mol. The Labute approximate surface area is 123 Å². The molecule has 0 aromatic heterocycles. The van der Waals surface area contributed by atoms with Crippen LogP contribution in [0.5, 0.6) is 0 Å². The summed E-state index contributed by atoms with van der Waals surface area (Å²) in [6.45, 7) is 3.92. The van der Waals surface area contributed by atoms with Crippen LogP contribution in [0.2, 0.25) is 0 Å². The van der Waals surface area contributed by atoms with Crippen molar-refractivity contribution in [3.8, 4) is 0 Å². The molecule has 0 atom stereocenters. The van der Waals surface area contributed by atoms with Crippen molar-refractivity contribution in [2.75, 3.05) is 0 Å². The molecule has 0 N–H and O–H groups in total. The number of cyclic esters (lactones) is 1. The van der Waals surface area contributed by atoms with Gasteiger partial charge in [0.1, 0.15) is 0 Å². The summed E-state index contributed by atoms with van der Waals surface area (Å²) in [5.41, 5.74) is 4.16. The summed E-state index contributed by atoms with van der Waals surface area (Å²) in [6, 6.07) is 17.4. The first-order valence-electron chi connectivity index (χ1n) is 6.79. The maximum atomic E-state index is 12.0. The van der Waals surface area contributed by atoms with Crippen molar-refractivity contribution in [1.29, 1.82) is 0 Å². The second kappa shape index (κ2) is 5.37. The molecule has 1 aliphatic heterocycles. The van der Waals surface area contributed by atoms with Crippen LogP contribution in [0, 0.1) is 6.92 Å². The van der Waals surface area contributed by atoms with Gasteiger partial charge in [0.15, 0.2) is 5.70 Å². The quantitative estimate of drug-likeness (QED) is 0.619. The number of rotatable bonds is 2. The van der Waals surface area contributed by atoms with Gasteiger partial charge in [-0.15, -0.1) is 0 Å². The third-order valence-corrected chi connectivity index (χ3v) is 3.46. The van der Waals surface area contributed by atoms with Crippen molar-refractivity contribution in [3.05, 3.63) is 77.0 Å². The Balaban J connectivity index is 2.01. The van der Waals surface area contributed by atoms with Crippen LogP contribution in [-0.4, -0.2) is 11.9 Å². The fraction of sp³-hybridized carbons (Fsp3) is 0.111. The van der Waals surface area contributed by atoms with Gasteiger partial charge in [-0.05, 0) is 37.1 Å². The van der Waals surface area contributed by atoms with Gasteiger partial charge in [-0.1, -0.05) is 48.0 Å². The number of hydrogen-bond acceptors (Lipinski definition) is 3. The van der Waals surface area contributed by atoms with Crippen LogP contribution in [0.3, 0.4) is 0 Å². The van der Waals surface area contributed by atoms with Crippen LogP contribution in [0.1, 0.15) is 23.6 Å². The minimum Gasteiger partial charge on any atom is -0.402 e. The highest BCUT2D eigenvalue weighted by molar-refractivity contribution is 6.14. The second-order valence-corrected chi connectivity index (χ2v) is 5.01. The molecule has 0 radical (unpaired) electrons. The molecule has 0 saturated carbocycles. The molecule has 0 bridgehead atoms. The molecule has 21 heavy (non-hydrogen) atoms. The Bertz CT molecular complexity index is 741. The van der Waals surface area contributed by atoms with E-state index < -0.39 is 5.97 Å². The van der Waals surface area contributed by atoms with Crippen LogP contribution in [0.15, 0.2) is 65.3 Å². The fourth-order valence-electron chi connectivity index (χ4n) is 2.19. The van der Waals surface area contributed by atoms with E-state index in [4.69, 9.17) is 4.74 Å². The number of aliphatic imine (C=N–C) groups is 1. The van der Waals surface area contributed by atoms with E-state index in [1.165, 1.54) is 5.56 Å². The van der Waals surface area contributed by atoms with Crippen molar-refractivity contribution in [2.45, 2.75) is 13.8 Å². The molecule has 2 aromatic carbocycles. The average Bonchev–Trinajstić information content (AvgIpc) is 2.90. The first-order valence-corrected chi connectivity index (χ1v) is 6.79. The number of aryl methyl sites for hydroxylation is 1. The normalized spacial score (nSPS) is 16.5. The molecule has 3 rings (SSSR count). The molecule has 1 heterocycles. The zero-order chi connectivity index (χ0) is 14.8.